The number of amides is 2. The zero-order chi connectivity index (χ0) is 23.0. The van der Waals surface area contributed by atoms with Crippen LogP contribution < -0.4 is 16.4 Å². The van der Waals surface area contributed by atoms with Crippen LogP contribution in [0.25, 0.3) is 10.9 Å². The number of benzene rings is 1. The molecule has 3 atom stereocenters. The van der Waals surface area contributed by atoms with E-state index in [-0.39, 0.29) is 12.3 Å². The van der Waals surface area contributed by atoms with E-state index in [1.165, 1.54) is 0 Å². The Morgan fingerprint density at radius 1 is 1.13 bits per heavy atom. The molecule has 0 bridgehead atoms. The van der Waals surface area contributed by atoms with Crippen LogP contribution in [0.3, 0.4) is 0 Å². The van der Waals surface area contributed by atoms with E-state index in [4.69, 9.17) is 5.73 Å². The van der Waals surface area contributed by atoms with Crippen LogP contribution in [0.4, 0.5) is 0 Å². The lowest BCUT2D eigenvalue weighted by Gasteiger charge is -2.23. The highest BCUT2D eigenvalue weighted by molar-refractivity contribution is 7.98. The van der Waals surface area contributed by atoms with Crippen molar-refractivity contribution in [2.75, 3.05) is 12.0 Å². The van der Waals surface area contributed by atoms with Gasteiger partial charge in [-0.2, -0.15) is 11.8 Å². The number of fused-ring (bicyclic) bond motifs is 1. The van der Waals surface area contributed by atoms with Gasteiger partial charge in [-0.1, -0.05) is 32.0 Å². The van der Waals surface area contributed by atoms with Gasteiger partial charge in [0.05, 0.1) is 6.04 Å². The summed E-state index contributed by atoms with van der Waals surface area (Å²) in [6, 6.07) is 4.95. The summed E-state index contributed by atoms with van der Waals surface area (Å²) in [6.07, 6.45) is 4.72. The highest BCUT2D eigenvalue weighted by Gasteiger charge is 2.29. The van der Waals surface area contributed by atoms with Gasteiger partial charge in [-0.25, -0.2) is 4.79 Å². The van der Waals surface area contributed by atoms with Gasteiger partial charge < -0.3 is 26.5 Å². The molecule has 0 spiro atoms. The maximum Gasteiger partial charge on any atom is 0.326 e. The van der Waals surface area contributed by atoms with E-state index in [0.717, 1.165) is 22.2 Å². The van der Waals surface area contributed by atoms with Crippen LogP contribution in [0.15, 0.2) is 30.5 Å². The molecule has 2 aromatic rings. The Hall–Kier alpha value is -2.52. The number of aromatic nitrogens is 1. The van der Waals surface area contributed by atoms with Gasteiger partial charge in [-0.15, -0.1) is 0 Å². The second-order valence-corrected chi connectivity index (χ2v) is 9.03. The molecule has 1 aromatic heterocycles. The molecule has 0 fully saturated rings. The van der Waals surface area contributed by atoms with E-state index in [9.17, 15) is 19.5 Å². The zero-order valence-corrected chi connectivity index (χ0v) is 19.0. The van der Waals surface area contributed by atoms with Crippen LogP contribution in [-0.4, -0.2) is 58.0 Å². The van der Waals surface area contributed by atoms with Crippen molar-refractivity contribution < 1.29 is 19.5 Å². The fourth-order valence-corrected chi connectivity index (χ4v) is 3.84. The van der Waals surface area contributed by atoms with E-state index >= 15 is 0 Å². The lowest BCUT2D eigenvalue weighted by atomic mass is 10.0. The van der Waals surface area contributed by atoms with Crippen molar-refractivity contribution in [2.24, 2.45) is 11.7 Å². The van der Waals surface area contributed by atoms with Crippen LogP contribution in [-0.2, 0) is 20.8 Å². The molecule has 31 heavy (non-hydrogen) atoms. The van der Waals surface area contributed by atoms with Gasteiger partial charge in [0.2, 0.25) is 11.8 Å². The lowest BCUT2D eigenvalue weighted by Crippen LogP contribution is -2.55. The average molecular weight is 449 g/mol. The van der Waals surface area contributed by atoms with Crippen molar-refractivity contribution in [3.8, 4) is 0 Å². The van der Waals surface area contributed by atoms with E-state index in [1.54, 1.807) is 18.0 Å². The van der Waals surface area contributed by atoms with Crippen LogP contribution in [0, 0.1) is 5.92 Å². The predicted octanol–water partition coefficient (Wildman–Crippen LogP) is 1.89. The first-order chi connectivity index (χ1) is 14.7. The summed E-state index contributed by atoms with van der Waals surface area (Å²) in [5, 5.41) is 15.8. The summed E-state index contributed by atoms with van der Waals surface area (Å²) < 4.78 is 0. The molecule has 8 nitrogen and oxygen atoms in total. The van der Waals surface area contributed by atoms with Crippen molar-refractivity contribution >= 4 is 40.4 Å². The number of aliphatic carboxylic acids is 1. The highest BCUT2D eigenvalue weighted by atomic mass is 32.2. The van der Waals surface area contributed by atoms with Crippen molar-refractivity contribution in [3.05, 3.63) is 36.0 Å². The average Bonchev–Trinajstić information content (AvgIpc) is 3.13. The minimum atomic E-state index is -1.10. The first kappa shape index (κ1) is 24.7. The number of carbonyl (C=O) groups is 3. The van der Waals surface area contributed by atoms with Gasteiger partial charge >= 0.3 is 5.97 Å². The summed E-state index contributed by atoms with van der Waals surface area (Å²) >= 11 is 1.59. The summed E-state index contributed by atoms with van der Waals surface area (Å²) in [7, 11) is 0. The normalized spacial score (nSPS) is 14.2. The first-order valence-corrected chi connectivity index (χ1v) is 11.7. The maximum absolute atomic E-state index is 13.0. The molecular formula is C22H32N4O4S. The lowest BCUT2D eigenvalue weighted by molar-refractivity contribution is -0.142. The molecule has 0 aliphatic carbocycles. The number of carboxylic acids is 1. The second kappa shape index (κ2) is 11.8. The number of hydrogen-bond donors (Lipinski definition) is 5. The molecule has 0 saturated carbocycles. The van der Waals surface area contributed by atoms with E-state index in [1.807, 2.05) is 44.4 Å². The highest BCUT2D eigenvalue weighted by Crippen LogP contribution is 2.19. The third-order valence-electron chi connectivity index (χ3n) is 5.02. The maximum atomic E-state index is 13.0. The van der Waals surface area contributed by atoms with Gasteiger partial charge in [0.25, 0.3) is 0 Å². The standard InChI is InChI=1S/C22H32N4O4S/c1-13(2)10-19(22(29)30)26-21(28)18(25-20(27)16(23)8-9-31-3)11-14-12-24-17-7-5-4-6-15(14)17/h4-7,12-13,16,18-19,24H,8-11,23H2,1-3H3,(H,25,27)(H,26,28)(H,29,30). The number of thioether (sulfide) groups is 1. The number of hydrogen-bond acceptors (Lipinski definition) is 5. The van der Waals surface area contributed by atoms with Gasteiger partial charge in [-0.05, 0) is 42.4 Å². The number of para-hydroxylation sites is 1. The second-order valence-electron chi connectivity index (χ2n) is 8.04. The summed E-state index contributed by atoms with van der Waals surface area (Å²) in [4.78, 5) is 40.4. The Morgan fingerprint density at radius 2 is 1.81 bits per heavy atom. The molecule has 3 unspecified atom stereocenters. The van der Waals surface area contributed by atoms with E-state index in [2.05, 4.69) is 15.6 Å². The molecule has 0 aliphatic rings. The zero-order valence-electron chi connectivity index (χ0n) is 18.2. The van der Waals surface area contributed by atoms with Gasteiger partial charge in [0.15, 0.2) is 0 Å². The number of aromatic amines is 1. The topological polar surface area (TPSA) is 137 Å². The van der Waals surface area contributed by atoms with E-state index in [0.29, 0.717) is 12.8 Å². The van der Waals surface area contributed by atoms with Crippen molar-refractivity contribution in [1.82, 2.24) is 15.6 Å². The molecule has 6 N–H and O–H groups in total. The largest absolute Gasteiger partial charge is 0.480 e. The Kier molecular flexibility index (Phi) is 9.39. The predicted molar refractivity (Wildman–Crippen MR) is 124 cm³/mol. The molecule has 0 aliphatic heterocycles. The summed E-state index contributed by atoms with van der Waals surface area (Å²) in [6.45, 7) is 3.77. The van der Waals surface area contributed by atoms with Crippen LogP contribution in [0.1, 0.15) is 32.3 Å². The van der Waals surface area contributed by atoms with Crippen LogP contribution in [0.5, 0.6) is 0 Å². The molecule has 1 aromatic carbocycles. The fourth-order valence-electron chi connectivity index (χ4n) is 3.35. The molecule has 170 valence electrons. The minimum absolute atomic E-state index is 0.0861. The Morgan fingerprint density at radius 3 is 2.45 bits per heavy atom. The monoisotopic (exact) mass is 448 g/mol. The summed E-state index contributed by atoms with van der Waals surface area (Å²) in [5.41, 5.74) is 7.74. The van der Waals surface area contributed by atoms with Crippen molar-refractivity contribution in [2.45, 2.75) is 51.2 Å². The molecule has 9 heteroatoms. The minimum Gasteiger partial charge on any atom is -0.480 e. The number of H-pyrrole nitrogens is 1. The van der Waals surface area contributed by atoms with Gasteiger partial charge in [-0.3, -0.25) is 9.59 Å². The third-order valence-corrected chi connectivity index (χ3v) is 5.67. The number of rotatable bonds is 12. The van der Waals surface area contributed by atoms with Crippen molar-refractivity contribution in [3.63, 3.8) is 0 Å². The fraction of sp³-hybridized carbons (Fsp3) is 0.500. The van der Waals surface area contributed by atoms with Crippen molar-refractivity contribution in [1.29, 1.82) is 0 Å². The Balaban J connectivity index is 2.22. The number of carboxylic acid groups (broad SMARTS) is 1. The number of nitrogens with two attached hydrogens (primary N) is 1. The van der Waals surface area contributed by atoms with Crippen LogP contribution >= 0.6 is 11.8 Å². The van der Waals surface area contributed by atoms with Gasteiger partial charge in [0, 0.05) is 23.5 Å². The quantitative estimate of drug-likeness (QED) is 0.336. The smallest absolute Gasteiger partial charge is 0.326 e. The number of nitrogens with one attached hydrogen (secondary N) is 3. The molecule has 1 heterocycles. The Labute approximate surface area is 186 Å². The first-order valence-electron chi connectivity index (χ1n) is 10.4. The summed E-state index contributed by atoms with van der Waals surface area (Å²) in [5.74, 6) is -1.25. The third kappa shape index (κ3) is 7.29. The molecule has 2 rings (SSSR count). The number of carbonyl (C=O) groups excluding carboxylic acids is 2. The molecule has 2 amide bonds. The molecule has 0 radical (unpaired) electrons. The molecular weight excluding hydrogens is 416 g/mol. The Bertz CT molecular complexity index is 899. The van der Waals surface area contributed by atoms with E-state index < -0.39 is 35.9 Å². The SMILES string of the molecule is CSCCC(N)C(=O)NC(Cc1c[nH]c2ccccc12)C(=O)NC(CC(C)C)C(=O)O. The van der Waals surface area contributed by atoms with Gasteiger partial charge in [0.1, 0.15) is 12.1 Å². The molecule has 0 saturated heterocycles. The van der Waals surface area contributed by atoms with Crippen LogP contribution in [0.2, 0.25) is 0 Å².